The van der Waals surface area contributed by atoms with Gasteiger partial charge in [0.15, 0.2) is 11.5 Å². The Morgan fingerprint density at radius 1 is 1.23 bits per heavy atom. The molecule has 0 radical (unpaired) electrons. The molecular weight excluding hydrogens is 384 g/mol. The molecule has 0 saturated carbocycles. The van der Waals surface area contributed by atoms with Crippen LogP contribution in [0.5, 0.6) is 11.6 Å². The van der Waals surface area contributed by atoms with Gasteiger partial charge in [-0.2, -0.15) is 10.1 Å². The van der Waals surface area contributed by atoms with E-state index in [0.29, 0.717) is 34.1 Å². The average molecular weight is 404 g/mol. The lowest BCUT2D eigenvalue weighted by Gasteiger charge is -2.12. The van der Waals surface area contributed by atoms with E-state index >= 15 is 0 Å². The number of rotatable bonds is 6. The summed E-state index contributed by atoms with van der Waals surface area (Å²) in [6.45, 7) is 1.94. The summed E-state index contributed by atoms with van der Waals surface area (Å²) in [7, 11) is 1.80. The second-order valence-electron chi connectivity index (χ2n) is 6.66. The van der Waals surface area contributed by atoms with Gasteiger partial charge in [-0.1, -0.05) is 6.07 Å². The Morgan fingerprint density at radius 2 is 2.10 bits per heavy atom. The zero-order chi connectivity index (χ0) is 21.1. The molecule has 9 heteroatoms. The fourth-order valence-electron chi connectivity index (χ4n) is 2.93. The third-order valence-corrected chi connectivity index (χ3v) is 4.53. The van der Waals surface area contributed by atoms with E-state index in [9.17, 15) is 4.79 Å². The van der Waals surface area contributed by atoms with Crippen molar-refractivity contribution in [3.63, 3.8) is 0 Å². The zero-order valence-electron chi connectivity index (χ0n) is 16.5. The number of hydrogen-bond acceptors (Lipinski definition) is 7. The van der Waals surface area contributed by atoms with E-state index in [1.165, 1.54) is 0 Å². The summed E-state index contributed by atoms with van der Waals surface area (Å²) in [5, 5.41) is 16.5. The minimum atomic E-state index is -0.292. The molecule has 0 bridgehead atoms. The molecule has 0 atom stereocenters. The topological polar surface area (TPSA) is 115 Å². The van der Waals surface area contributed by atoms with Gasteiger partial charge in [-0.3, -0.25) is 14.5 Å². The molecule has 2 N–H and O–H groups in total. The average Bonchev–Trinajstić information content (AvgIpc) is 3.15. The lowest BCUT2D eigenvalue weighted by molar-refractivity contribution is 0.0944. The van der Waals surface area contributed by atoms with Crippen molar-refractivity contribution in [1.29, 1.82) is 0 Å². The summed E-state index contributed by atoms with van der Waals surface area (Å²) in [5.41, 5.74) is 2.63. The second kappa shape index (κ2) is 8.26. The first-order chi connectivity index (χ1) is 14.6. The highest BCUT2D eigenvalue weighted by atomic mass is 16.5. The number of pyridine rings is 1. The highest BCUT2D eigenvalue weighted by molar-refractivity contribution is 5.94. The van der Waals surface area contributed by atoms with Gasteiger partial charge in [0, 0.05) is 37.1 Å². The van der Waals surface area contributed by atoms with E-state index in [1.54, 1.807) is 48.5 Å². The van der Waals surface area contributed by atoms with Crippen molar-refractivity contribution in [3.05, 3.63) is 60.0 Å². The lowest BCUT2D eigenvalue weighted by Crippen LogP contribution is -2.26. The number of aryl methyl sites for hydroxylation is 2. The molecule has 0 aliphatic rings. The molecule has 1 aromatic carbocycles. The summed E-state index contributed by atoms with van der Waals surface area (Å²) in [6.07, 6.45) is 5.00. The number of ether oxygens (including phenoxy) is 1. The van der Waals surface area contributed by atoms with E-state index in [4.69, 9.17) is 9.84 Å². The quantitative estimate of drug-likeness (QED) is 0.506. The smallest absolute Gasteiger partial charge is 0.251 e. The number of hydrogen-bond donors (Lipinski definition) is 2. The first kappa shape index (κ1) is 19.5. The molecule has 3 heterocycles. The Bertz CT molecular complexity index is 1210. The first-order valence-corrected chi connectivity index (χ1v) is 9.34. The Hall–Kier alpha value is -3.85. The number of nitrogens with zero attached hydrogens (tertiary/aromatic N) is 5. The molecule has 4 aromatic rings. The van der Waals surface area contributed by atoms with Crippen LogP contribution in [0.4, 0.5) is 0 Å². The number of carbonyl (C=O) groups excluding carboxylic acids is 1. The molecule has 4 rings (SSSR count). The molecule has 0 unspecified atom stereocenters. The third kappa shape index (κ3) is 3.83. The maximum absolute atomic E-state index is 12.3. The molecule has 9 nitrogen and oxygen atoms in total. The predicted octanol–water partition coefficient (Wildman–Crippen LogP) is 2.25. The van der Waals surface area contributed by atoms with Crippen LogP contribution in [0.15, 0.2) is 48.9 Å². The molecule has 0 aliphatic carbocycles. The zero-order valence-corrected chi connectivity index (χ0v) is 16.5. The fourth-order valence-corrected chi connectivity index (χ4v) is 2.93. The second-order valence-corrected chi connectivity index (χ2v) is 6.66. The summed E-state index contributed by atoms with van der Waals surface area (Å²) < 4.78 is 7.79. The number of aliphatic hydroxyl groups is 1. The van der Waals surface area contributed by atoms with E-state index in [1.807, 2.05) is 19.1 Å². The van der Waals surface area contributed by atoms with Crippen LogP contribution < -0.4 is 10.1 Å². The number of aromatic nitrogens is 5. The lowest BCUT2D eigenvalue weighted by atomic mass is 10.1. The fraction of sp³-hybridized carbons (Fsp3) is 0.190. The van der Waals surface area contributed by atoms with Gasteiger partial charge in [0.25, 0.3) is 5.91 Å². The van der Waals surface area contributed by atoms with Gasteiger partial charge >= 0.3 is 0 Å². The van der Waals surface area contributed by atoms with Crippen molar-refractivity contribution in [3.8, 4) is 23.0 Å². The molecule has 0 fully saturated rings. The monoisotopic (exact) mass is 404 g/mol. The van der Waals surface area contributed by atoms with Crippen molar-refractivity contribution in [2.45, 2.75) is 6.92 Å². The minimum Gasteiger partial charge on any atom is -0.438 e. The summed E-state index contributed by atoms with van der Waals surface area (Å²) in [4.78, 5) is 25.6. The van der Waals surface area contributed by atoms with Gasteiger partial charge in [0.05, 0.1) is 12.8 Å². The Kier molecular flexibility index (Phi) is 5.36. The van der Waals surface area contributed by atoms with Gasteiger partial charge in [-0.25, -0.2) is 4.98 Å². The van der Waals surface area contributed by atoms with Crippen LogP contribution in [0.1, 0.15) is 15.9 Å². The van der Waals surface area contributed by atoms with Crippen LogP contribution in [0.3, 0.4) is 0 Å². The van der Waals surface area contributed by atoms with Gasteiger partial charge in [-0.15, -0.1) is 0 Å². The van der Waals surface area contributed by atoms with Gasteiger partial charge in [0.2, 0.25) is 5.88 Å². The minimum absolute atomic E-state index is 0.127. The van der Waals surface area contributed by atoms with Crippen molar-refractivity contribution in [1.82, 2.24) is 30.0 Å². The molecule has 0 saturated heterocycles. The highest BCUT2D eigenvalue weighted by Crippen LogP contribution is 2.31. The Morgan fingerprint density at radius 3 is 2.87 bits per heavy atom. The van der Waals surface area contributed by atoms with E-state index < -0.39 is 0 Å². The van der Waals surface area contributed by atoms with Crippen LogP contribution in [-0.2, 0) is 7.05 Å². The van der Waals surface area contributed by atoms with Crippen molar-refractivity contribution >= 4 is 16.9 Å². The largest absolute Gasteiger partial charge is 0.438 e. The first-order valence-electron chi connectivity index (χ1n) is 9.34. The molecule has 3 aromatic heterocycles. The molecule has 152 valence electrons. The normalized spacial score (nSPS) is 10.9. The van der Waals surface area contributed by atoms with Crippen LogP contribution in [-0.4, -0.2) is 48.9 Å². The van der Waals surface area contributed by atoms with Crippen molar-refractivity contribution in [2.75, 3.05) is 13.2 Å². The van der Waals surface area contributed by atoms with Crippen LogP contribution in [0, 0.1) is 6.92 Å². The number of carbonyl (C=O) groups is 1. The predicted molar refractivity (Wildman–Crippen MR) is 110 cm³/mol. The van der Waals surface area contributed by atoms with E-state index in [-0.39, 0.29) is 19.1 Å². The molecular formula is C21H20N6O3. The Balaban J connectivity index is 1.76. The maximum atomic E-state index is 12.3. The standard InChI is InChI=1S/C21H20N6O3/c1-13-5-6-14(20(29)23-8-9-28)10-17(13)30-21-16-12-24-27(2)19(16)25-18(26-21)15-4-3-7-22-11-15/h3-7,10-12,28H,8-9H2,1-2H3,(H,23,29). The maximum Gasteiger partial charge on any atom is 0.251 e. The van der Waals surface area contributed by atoms with Crippen molar-refractivity contribution < 1.29 is 14.6 Å². The molecule has 0 aliphatic heterocycles. The van der Waals surface area contributed by atoms with Crippen LogP contribution in [0.2, 0.25) is 0 Å². The van der Waals surface area contributed by atoms with Gasteiger partial charge < -0.3 is 15.2 Å². The van der Waals surface area contributed by atoms with Crippen LogP contribution >= 0.6 is 0 Å². The number of aliphatic hydroxyl groups excluding tert-OH is 1. The van der Waals surface area contributed by atoms with Crippen molar-refractivity contribution in [2.24, 2.45) is 7.05 Å². The van der Waals surface area contributed by atoms with E-state index in [0.717, 1.165) is 11.1 Å². The molecule has 1 amide bonds. The number of amides is 1. The third-order valence-electron chi connectivity index (χ3n) is 4.53. The van der Waals surface area contributed by atoms with Crippen LogP contribution in [0.25, 0.3) is 22.4 Å². The van der Waals surface area contributed by atoms with Gasteiger partial charge in [-0.05, 0) is 36.8 Å². The molecule has 0 spiro atoms. The number of nitrogens with one attached hydrogen (secondary N) is 1. The number of benzene rings is 1. The highest BCUT2D eigenvalue weighted by Gasteiger charge is 2.16. The number of fused-ring (bicyclic) bond motifs is 1. The SMILES string of the molecule is Cc1ccc(C(=O)NCCO)cc1Oc1nc(-c2cccnc2)nc2c1cnn2C. The summed E-state index contributed by atoms with van der Waals surface area (Å²) in [5.74, 6) is 0.999. The van der Waals surface area contributed by atoms with Gasteiger partial charge in [0.1, 0.15) is 11.1 Å². The van der Waals surface area contributed by atoms with E-state index in [2.05, 4.69) is 25.4 Å². The summed E-state index contributed by atoms with van der Waals surface area (Å²) >= 11 is 0. The molecule has 30 heavy (non-hydrogen) atoms. The Labute approximate surface area is 172 Å². The summed E-state index contributed by atoms with van der Waals surface area (Å²) in [6, 6.07) is 8.83.